The van der Waals surface area contributed by atoms with Gasteiger partial charge in [0, 0.05) is 40.9 Å². The summed E-state index contributed by atoms with van der Waals surface area (Å²) in [7, 11) is 1.24. The molecular weight excluding hydrogens is 760 g/mol. The Kier molecular flexibility index (Phi) is 10.7. The SMILES string of the molecule is COc1cccc2c1C(=O)c1c(O)c3c(c(O)c1C2=O)C[C@@](O)(C(=O)CO)C[C@@H]3O[C@H]1C[C@H](NC(=O)OCc2c(F)c(F)c(N=[N+]=[N-])c(F)c2F)[C@H](O)[C@H](C)O1. The van der Waals surface area contributed by atoms with Crippen molar-refractivity contribution in [2.75, 3.05) is 13.7 Å². The van der Waals surface area contributed by atoms with Crippen LogP contribution < -0.4 is 10.1 Å². The van der Waals surface area contributed by atoms with Gasteiger partial charge in [0.15, 0.2) is 41.1 Å². The molecule has 0 bridgehead atoms. The van der Waals surface area contributed by atoms with Gasteiger partial charge in [0.25, 0.3) is 0 Å². The number of hydrogen-bond donors (Lipinski definition) is 6. The number of aromatic hydroxyl groups is 2. The number of nitrogens with one attached hydrogen (secondary N) is 1. The average Bonchev–Trinajstić information content (AvgIpc) is 3.17. The largest absolute Gasteiger partial charge is 0.507 e. The van der Waals surface area contributed by atoms with Crippen molar-refractivity contribution in [1.82, 2.24) is 5.32 Å². The highest BCUT2D eigenvalue weighted by molar-refractivity contribution is 6.31. The quantitative estimate of drug-likeness (QED) is 0.0355. The number of phenolic OH excluding ortho intramolecular Hbond substituents is 2. The number of azide groups is 1. The van der Waals surface area contributed by atoms with Gasteiger partial charge in [-0.1, -0.05) is 17.2 Å². The smallest absolute Gasteiger partial charge is 0.407 e. The summed E-state index contributed by atoms with van der Waals surface area (Å²) in [4.78, 5) is 55.2. The Balaban J connectivity index is 1.30. The van der Waals surface area contributed by atoms with E-state index in [0.29, 0.717) is 0 Å². The number of ether oxygens (including phenoxy) is 4. The number of methoxy groups -OCH3 is 1. The van der Waals surface area contributed by atoms with Gasteiger partial charge in [-0.05, 0) is 18.5 Å². The number of phenols is 2. The monoisotopic (exact) mass is 790 g/mol. The maximum absolute atomic E-state index is 14.5. The number of rotatable bonds is 9. The number of halogens is 4. The third-order valence-corrected chi connectivity index (χ3v) is 9.89. The van der Waals surface area contributed by atoms with Crippen LogP contribution in [-0.2, 0) is 32.0 Å². The van der Waals surface area contributed by atoms with Crippen molar-refractivity contribution in [3.05, 3.63) is 90.9 Å². The van der Waals surface area contributed by atoms with E-state index in [1.54, 1.807) is 0 Å². The summed E-state index contributed by atoms with van der Waals surface area (Å²) < 4.78 is 79.1. The highest BCUT2D eigenvalue weighted by Gasteiger charge is 2.50. The first kappa shape index (κ1) is 39.9. The standard InChI is InChI=1S/C35H30F4N4O13/c1-11-29(46)15(41-34(51)54-10-14-24(36)26(38)28(42-43-40)27(39)25(14)37)6-19(55-11)56-17-8-35(52,18(45)9-44)7-13-21(17)33(50)23-22(31(13)48)30(47)12-4-3-5-16(53-2)20(12)32(23)49/h3-5,11,15,17,19,29,44,46,48,50,52H,6-10H2,1-2H3,(H,41,51)/t11-,15-,17-,19-,29+,35-/m0/s1. The highest BCUT2D eigenvalue weighted by Crippen LogP contribution is 2.52. The molecule has 1 fully saturated rings. The van der Waals surface area contributed by atoms with Crippen LogP contribution in [0.2, 0.25) is 0 Å². The first-order valence-electron chi connectivity index (χ1n) is 16.5. The molecule has 0 aromatic heterocycles. The van der Waals surface area contributed by atoms with Gasteiger partial charge in [-0.2, -0.15) is 0 Å². The molecule has 0 saturated carbocycles. The molecule has 56 heavy (non-hydrogen) atoms. The Hall–Kier alpha value is -5.83. The molecule has 0 spiro atoms. The molecule has 3 aromatic carbocycles. The van der Waals surface area contributed by atoms with Crippen LogP contribution in [0.25, 0.3) is 10.4 Å². The lowest BCUT2D eigenvalue weighted by atomic mass is 9.72. The zero-order valence-corrected chi connectivity index (χ0v) is 29.0. The lowest BCUT2D eigenvalue weighted by Gasteiger charge is -2.42. The second-order valence-corrected chi connectivity index (χ2v) is 13.1. The van der Waals surface area contributed by atoms with Crippen LogP contribution in [0.5, 0.6) is 17.2 Å². The number of aliphatic hydroxyl groups excluding tert-OH is 2. The number of Topliss-reactive ketones (excluding diaryl/α,β-unsaturated/α-hetero) is 1. The predicted molar refractivity (Wildman–Crippen MR) is 176 cm³/mol. The summed E-state index contributed by atoms with van der Waals surface area (Å²) in [5.41, 5.74) is 0.620. The van der Waals surface area contributed by atoms with Crippen LogP contribution in [0.1, 0.15) is 74.4 Å². The van der Waals surface area contributed by atoms with E-state index in [1.807, 2.05) is 0 Å². The Morgan fingerprint density at radius 1 is 1.05 bits per heavy atom. The van der Waals surface area contributed by atoms with Gasteiger partial charge < -0.3 is 49.8 Å². The second-order valence-electron chi connectivity index (χ2n) is 13.1. The third kappa shape index (κ3) is 6.52. The Morgan fingerprint density at radius 2 is 1.71 bits per heavy atom. The predicted octanol–water partition coefficient (Wildman–Crippen LogP) is 3.47. The van der Waals surface area contributed by atoms with E-state index >= 15 is 0 Å². The van der Waals surface area contributed by atoms with E-state index in [1.165, 1.54) is 32.2 Å². The lowest BCUT2D eigenvalue weighted by molar-refractivity contribution is -0.249. The second kappa shape index (κ2) is 15.0. The van der Waals surface area contributed by atoms with Crippen molar-refractivity contribution in [2.24, 2.45) is 5.11 Å². The molecule has 0 radical (unpaired) electrons. The van der Waals surface area contributed by atoms with Crippen LogP contribution >= 0.6 is 0 Å². The zero-order valence-electron chi connectivity index (χ0n) is 29.0. The van der Waals surface area contributed by atoms with Crippen molar-refractivity contribution in [3.63, 3.8) is 0 Å². The topological polar surface area (TPSA) is 267 Å². The number of alkyl carbamates (subject to hydrolysis) is 1. The van der Waals surface area contributed by atoms with Crippen molar-refractivity contribution >= 4 is 29.1 Å². The number of ketones is 3. The molecule has 6 rings (SSSR count). The van der Waals surface area contributed by atoms with E-state index in [9.17, 15) is 62.3 Å². The fourth-order valence-electron chi connectivity index (χ4n) is 7.11. The highest BCUT2D eigenvalue weighted by atomic mass is 19.2. The number of aliphatic hydroxyl groups is 3. The van der Waals surface area contributed by atoms with E-state index in [4.69, 9.17) is 24.5 Å². The van der Waals surface area contributed by atoms with E-state index < -0.39 is 149 Å². The minimum Gasteiger partial charge on any atom is -0.507 e. The van der Waals surface area contributed by atoms with Gasteiger partial charge >= 0.3 is 6.09 Å². The lowest BCUT2D eigenvalue weighted by Crippen LogP contribution is -2.56. The molecule has 0 unspecified atom stereocenters. The molecule has 1 aliphatic heterocycles. The van der Waals surface area contributed by atoms with Crippen molar-refractivity contribution < 1.29 is 81.2 Å². The fraction of sp³-hybridized carbons (Fsp3) is 0.371. The Morgan fingerprint density at radius 3 is 2.34 bits per heavy atom. The Labute approximate surface area is 311 Å². The van der Waals surface area contributed by atoms with Crippen LogP contribution in [0.3, 0.4) is 0 Å². The van der Waals surface area contributed by atoms with Crippen molar-refractivity contribution in [2.45, 2.75) is 69.0 Å². The summed E-state index contributed by atoms with van der Waals surface area (Å²) >= 11 is 0. The molecule has 3 aromatic rings. The summed E-state index contributed by atoms with van der Waals surface area (Å²) in [5, 5.41) is 59.9. The van der Waals surface area contributed by atoms with Gasteiger partial charge in [0.05, 0.1) is 47.6 Å². The van der Waals surface area contributed by atoms with Crippen LogP contribution in [-0.4, -0.2) is 92.8 Å². The number of carbonyl (C=O) groups excluding carboxylic acids is 4. The van der Waals surface area contributed by atoms with E-state index in [0.717, 1.165) is 0 Å². The minimum atomic E-state index is -2.47. The molecule has 1 amide bonds. The van der Waals surface area contributed by atoms with Gasteiger partial charge in [0.1, 0.15) is 47.9 Å². The first-order valence-corrected chi connectivity index (χ1v) is 16.5. The Bertz CT molecular complexity index is 2220. The maximum Gasteiger partial charge on any atom is 0.407 e. The summed E-state index contributed by atoms with van der Waals surface area (Å²) in [6, 6.07) is 2.76. The van der Waals surface area contributed by atoms with Crippen LogP contribution in [0.15, 0.2) is 23.3 Å². The zero-order chi connectivity index (χ0) is 41.0. The van der Waals surface area contributed by atoms with Crippen LogP contribution in [0, 0.1) is 23.3 Å². The minimum absolute atomic E-state index is 0.0168. The first-order chi connectivity index (χ1) is 26.5. The molecule has 1 heterocycles. The van der Waals surface area contributed by atoms with Crippen molar-refractivity contribution in [3.8, 4) is 17.2 Å². The number of nitrogens with zero attached hydrogens (tertiary/aromatic N) is 3. The molecule has 17 nitrogen and oxygen atoms in total. The summed E-state index contributed by atoms with van der Waals surface area (Å²) in [6.07, 6.45) is -9.27. The number of hydrogen-bond acceptors (Lipinski definition) is 14. The average molecular weight is 791 g/mol. The number of fused-ring (bicyclic) bond motifs is 3. The van der Waals surface area contributed by atoms with Crippen molar-refractivity contribution in [1.29, 1.82) is 0 Å². The third-order valence-electron chi connectivity index (χ3n) is 9.89. The summed E-state index contributed by atoms with van der Waals surface area (Å²) in [6.45, 7) is -1.22. The maximum atomic E-state index is 14.5. The number of benzene rings is 3. The summed E-state index contributed by atoms with van der Waals surface area (Å²) in [5.74, 6) is -12.8. The molecule has 3 aliphatic rings. The van der Waals surface area contributed by atoms with Crippen LogP contribution in [0.4, 0.5) is 28.0 Å². The fourth-order valence-corrected chi connectivity index (χ4v) is 7.11. The molecular formula is C35H30F4N4O13. The van der Waals surface area contributed by atoms with E-state index in [2.05, 4.69) is 15.3 Å². The van der Waals surface area contributed by atoms with Gasteiger partial charge in [-0.15, -0.1) is 0 Å². The molecule has 296 valence electrons. The molecule has 6 N–H and O–H groups in total. The number of amides is 1. The molecule has 6 atom stereocenters. The molecule has 1 saturated heterocycles. The number of carbonyl (C=O) groups is 4. The molecule has 2 aliphatic carbocycles. The van der Waals surface area contributed by atoms with Gasteiger partial charge in [-0.3, -0.25) is 14.4 Å². The van der Waals surface area contributed by atoms with Gasteiger partial charge in [-0.25, -0.2) is 22.4 Å². The van der Waals surface area contributed by atoms with E-state index in [-0.39, 0.29) is 28.0 Å². The normalized spacial score (nSPS) is 24.0. The molecule has 21 heteroatoms. The van der Waals surface area contributed by atoms with Gasteiger partial charge in [0.2, 0.25) is 5.78 Å².